The first-order valence-electron chi connectivity index (χ1n) is 9.66. The summed E-state index contributed by atoms with van der Waals surface area (Å²) in [6.07, 6.45) is 2.86. The highest BCUT2D eigenvalue weighted by atomic mass is 79.9. The van der Waals surface area contributed by atoms with E-state index in [0.29, 0.717) is 11.9 Å². The molecule has 0 fully saturated rings. The summed E-state index contributed by atoms with van der Waals surface area (Å²) < 4.78 is 2.58. The molecule has 3 aromatic heterocycles. The zero-order valence-electron chi connectivity index (χ0n) is 17.0. The van der Waals surface area contributed by atoms with E-state index in [9.17, 15) is 0 Å². The lowest BCUT2D eigenvalue weighted by Gasteiger charge is -2.30. The molecule has 0 aromatic carbocycles. The molecule has 28 heavy (non-hydrogen) atoms. The number of hydrogen-bond acceptors (Lipinski definition) is 6. The van der Waals surface area contributed by atoms with Gasteiger partial charge in [0.25, 0.3) is 0 Å². The Kier molecular flexibility index (Phi) is 4.81. The SMILES string of the molecule is CC(C)C(C)(C)CNc1nc(N2CCc3cn[nH]c3C2)c2c(n1)c(Br)nn2C. The summed E-state index contributed by atoms with van der Waals surface area (Å²) in [5, 5.41) is 15.3. The number of halogens is 1. The molecule has 9 heteroatoms. The van der Waals surface area contributed by atoms with Crippen molar-refractivity contribution in [1.82, 2.24) is 29.9 Å². The van der Waals surface area contributed by atoms with Crippen LogP contribution in [-0.4, -0.2) is 43.0 Å². The minimum absolute atomic E-state index is 0.139. The first kappa shape index (κ1) is 19.2. The van der Waals surface area contributed by atoms with Gasteiger partial charge in [-0.1, -0.05) is 27.7 Å². The van der Waals surface area contributed by atoms with Crippen molar-refractivity contribution in [3.05, 3.63) is 22.1 Å². The van der Waals surface area contributed by atoms with Crippen LogP contribution in [0.15, 0.2) is 10.8 Å². The summed E-state index contributed by atoms with van der Waals surface area (Å²) in [6, 6.07) is 0. The second-order valence-electron chi connectivity index (χ2n) is 8.52. The van der Waals surface area contributed by atoms with E-state index in [1.54, 1.807) is 0 Å². The molecule has 4 rings (SSSR count). The first-order chi connectivity index (χ1) is 13.3. The third-order valence-electron chi connectivity index (χ3n) is 5.99. The fraction of sp³-hybridized carbons (Fsp3) is 0.579. The Morgan fingerprint density at radius 1 is 1.32 bits per heavy atom. The predicted octanol–water partition coefficient (Wildman–Crippen LogP) is 3.51. The molecule has 0 aliphatic carbocycles. The van der Waals surface area contributed by atoms with Gasteiger partial charge in [-0.05, 0) is 39.2 Å². The fourth-order valence-corrected chi connectivity index (χ4v) is 3.84. The Hall–Kier alpha value is -2.16. The Morgan fingerprint density at radius 3 is 2.86 bits per heavy atom. The van der Waals surface area contributed by atoms with Gasteiger partial charge in [0.2, 0.25) is 5.95 Å². The average Bonchev–Trinajstić information content (AvgIpc) is 3.23. The molecule has 3 aromatic rings. The number of fused-ring (bicyclic) bond motifs is 2. The van der Waals surface area contributed by atoms with E-state index in [1.807, 2.05) is 17.9 Å². The smallest absolute Gasteiger partial charge is 0.225 e. The summed E-state index contributed by atoms with van der Waals surface area (Å²) in [4.78, 5) is 11.9. The largest absolute Gasteiger partial charge is 0.354 e. The number of rotatable bonds is 5. The molecule has 1 aliphatic rings. The second-order valence-corrected chi connectivity index (χ2v) is 9.28. The number of aryl methyl sites for hydroxylation is 1. The van der Waals surface area contributed by atoms with Crippen LogP contribution in [-0.2, 0) is 20.0 Å². The highest BCUT2D eigenvalue weighted by Gasteiger charge is 2.26. The van der Waals surface area contributed by atoms with Gasteiger partial charge in [-0.15, -0.1) is 0 Å². The topological polar surface area (TPSA) is 87.6 Å². The third kappa shape index (κ3) is 3.36. The summed E-state index contributed by atoms with van der Waals surface area (Å²) >= 11 is 3.56. The maximum Gasteiger partial charge on any atom is 0.225 e. The maximum atomic E-state index is 4.91. The van der Waals surface area contributed by atoms with Gasteiger partial charge in [-0.25, -0.2) is 4.98 Å². The zero-order valence-corrected chi connectivity index (χ0v) is 18.6. The number of nitrogens with one attached hydrogen (secondary N) is 2. The molecule has 0 amide bonds. The van der Waals surface area contributed by atoms with E-state index in [4.69, 9.17) is 9.97 Å². The molecule has 0 bridgehead atoms. The van der Waals surface area contributed by atoms with Gasteiger partial charge in [0.05, 0.1) is 18.4 Å². The van der Waals surface area contributed by atoms with E-state index in [1.165, 1.54) is 5.56 Å². The van der Waals surface area contributed by atoms with E-state index >= 15 is 0 Å². The Labute approximate surface area is 173 Å². The minimum Gasteiger partial charge on any atom is -0.354 e. The number of aromatic nitrogens is 6. The van der Waals surface area contributed by atoms with Gasteiger partial charge in [-0.3, -0.25) is 9.78 Å². The molecular formula is C19H27BrN8. The predicted molar refractivity (Wildman–Crippen MR) is 114 cm³/mol. The number of nitrogens with zero attached hydrogens (tertiary/aromatic N) is 6. The van der Waals surface area contributed by atoms with E-state index in [0.717, 1.165) is 53.2 Å². The van der Waals surface area contributed by atoms with Crippen LogP contribution >= 0.6 is 15.9 Å². The summed E-state index contributed by atoms with van der Waals surface area (Å²) in [7, 11) is 1.93. The van der Waals surface area contributed by atoms with Crippen LogP contribution in [0, 0.1) is 11.3 Å². The molecule has 150 valence electrons. The van der Waals surface area contributed by atoms with Crippen molar-refractivity contribution in [2.75, 3.05) is 23.3 Å². The average molecular weight is 447 g/mol. The van der Waals surface area contributed by atoms with Gasteiger partial charge in [0.15, 0.2) is 10.4 Å². The van der Waals surface area contributed by atoms with Crippen LogP contribution in [0.2, 0.25) is 0 Å². The van der Waals surface area contributed by atoms with Crippen LogP contribution in [0.5, 0.6) is 0 Å². The summed E-state index contributed by atoms with van der Waals surface area (Å²) in [6.45, 7) is 11.4. The molecular weight excluding hydrogens is 420 g/mol. The molecule has 0 unspecified atom stereocenters. The Balaban J connectivity index is 1.72. The van der Waals surface area contributed by atoms with Crippen LogP contribution in [0.4, 0.5) is 11.8 Å². The number of anilines is 2. The molecule has 1 aliphatic heterocycles. The van der Waals surface area contributed by atoms with Crippen LogP contribution in [0.3, 0.4) is 0 Å². The van der Waals surface area contributed by atoms with Crippen molar-refractivity contribution in [2.45, 2.75) is 40.7 Å². The number of hydrogen-bond donors (Lipinski definition) is 2. The molecule has 0 radical (unpaired) electrons. The Bertz CT molecular complexity index is 1000. The second kappa shape index (κ2) is 7.02. The van der Waals surface area contributed by atoms with Crippen molar-refractivity contribution >= 4 is 38.7 Å². The molecule has 4 heterocycles. The van der Waals surface area contributed by atoms with Crippen LogP contribution < -0.4 is 10.2 Å². The standard InChI is InChI=1S/C19H27BrN8/c1-11(2)19(3,4)10-21-18-23-14-15(27(5)26-16(14)20)17(24-18)28-7-6-12-8-22-25-13(12)9-28/h8,11H,6-7,9-10H2,1-5H3,(H,22,25)(H,21,23,24). The van der Waals surface area contributed by atoms with Crippen molar-refractivity contribution in [3.8, 4) is 0 Å². The normalized spacial score (nSPS) is 14.8. The molecule has 2 N–H and O–H groups in total. The van der Waals surface area contributed by atoms with E-state index in [2.05, 4.69) is 69.1 Å². The van der Waals surface area contributed by atoms with Crippen molar-refractivity contribution in [3.63, 3.8) is 0 Å². The first-order valence-corrected chi connectivity index (χ1v) is 10.5. The molecule has 0 spiro atoms. The number of H-pyrrole nitrogens is 1. The highest BCUT2D eigenvalue weighted by molar-refractivity contribution is 9.10. The van der Waals surface area contributed by atoms with Crippen molar-refractivity contribution in [2.24, 2.45) is 18.4 Å². The molecule has 8 nitrogen and oxygen atoms in total. The maximum absolute atomic E-state index is 4.91. The zero-order chi connectivity index (χ0) is 20.1. The van der Waals surface area contributed by atoms with Gasteiger partial charge in [-0.2, -0.15) is 15.2 Å². The summed E-state index contributed by atoms with van der Waals surface area (Å²) in [5.41, 5.74) is 4.33. The van der Waals surface area contributed by atoms with Crippen LogP contribution in [0.1, 0.15) is 39.0 Å². The van der Waals surface area contributed by atoms with E-state index in [-0.39, 0.29) is 5.41 Å². The monoisotopic (exact) mass is 446 g/mol. The lowest BCUT2D eigenvalue weighted by atomic mass is 9.81. The van der Waals surface area contributed by atoms with Crippen molar-refractivity contribution < 1.29 is 0 Å². The lowest BCUT2D eigenvalue weighted by Crippen LogP contribution is -2.32. The highest BCUT2D eigenvalue weighted by Crippen LogP contribution is 2.33. The molecule has 0 atom stereocenters. The van der Waals surface area contributed by atoms with E-state index < -0.39 is 0 Å². The lowest BCUT2D eigenvalue weighted by molar-refractivity contribution is 0.269. The quantitative estimate of drug-likeness (QED) is 0.623. The molecule has 0 saturated heterocycles. The van der Waals surface area contributed by atoms with Gasteiger partial charge in [0.1, 0.15) is 11.0 Å². The van der Waals surface area contributed by atoms with Gasteiger partial charge >= 0.3 is 0 Å². The number of aromatic amines is 1. The van der Waals surface area contributed by atoms with Crippen molar-refractivity contribution in [1.29, 1.82) is 0 Å². The Morgan fingerprint density at radius 2 is 2.11 bits per heavy atom. The third-order valence-corrected chi connectivity index (χ3v) is 6.53. The van der Waals surface area contributed by atoms with Gasteiger partial charge in [0, 0.05) is 20.1 Å². The van der Waals surface area contributed by atoms with Crippen LogP contribution in [0.25, 0.3) is 11.0 Å². The fourth-order valence-electron chi connectivity index (χ4n) is 3.32. The molecule has 0 saturated carbocycles. The minimum atomic E-state index is 0.139. The summed E-state index contributed by atoms with van der Waals surface area (Å²) in [5.74, 6) is 2.09. The van der Waals surface area contributed by atoms with Gasteiger partial charge < -0.3 is 10.2 Å².